The third kappa shape index (κ3) is 4.80. The van der Waals surface area contributed by atoms with E-state index in [1.807, 2.05) is 0 Å². The number of phenols is 1. The van der Waals surface area contributed by atoms with E-state index in [-0.39, 0.29) is 16.9 Å². The van der Waals surface area contributed by atoms with Gasteiger partial charge < -0.3 is 5.11 Å². The number of aromatic nitrogens is 1. The number of benzene rings is 2. The van der Waals surface area contributed by atoms with Gasteiger partial charge in [0.1, 0.15) is 11.8 Å². The maximum atomic E-state index is 12.7. The minimum atomic E-state index is -4.41. The Morgan fingerprint density at radius 2 is 1.87 bits per heavy atom. The first-order chi connectivity index (χ1) is 14.3. The molecule has 1 heterocycles. The molecule has 0 fully saturated rings. The number of carbonyl (C=O) groups excluding carboxylic acids is 1. The van der Waals surface area contributed by atoms with Crippen LogP contribution in [0.25, 0.3) is 11.3 Å². The lowest BCUT2D eigenvalue weighted by Gasteiger charge is -2.07. The Bertz CT molecular complexity index is 1150. The number of nitrogens with one attached hydrogen (secondary N) is 1. The van der Waals surface area contributed by atoms with E-state index in [1.165, 1.54) is 42.7 Å². The van der Waals surface area contributed by atoms with Gasteiger partial charge in [-0.2, -0.15) is 23.5 Å². The fourth-order valence-electron chi connectivity index (χ4n) is 2.51. The molecule has 0 aliphatic heterocycles. The molecule has 0 radical (unpaired) electrons. The predicted octanol–water partition coefficient (Wildman–Crippen LogP) is 4.11. The molecule has 2 N–H and O–H groups in total. The Balaban J connectivity index is 1.71. The maximum Gasteiger partial charge on any atom is 0.416 e. The van der Waals surface area contributed by atoms with Crippen LogP contribution < -0.4 is 5.43 Å². The van der Waals surface area contributed by atoms with Gasteiger partial charge in [-0.1, -0.05) is 12.1 Å². The number of hydrazone groups is 1. The summed E-state index contributed by atoms with van der Waals surface area (Å²) in [6.07, 6.45) is -1.60. The SMILES string of the molecule is N#Cc1cc(C(=O)N/N=C/c2ccnc(-c3ccc(C(F)(F)F)cc3)c2)ccc1O. The highest BCUT2D eigenvalue weighted by Crippen LogP contribution is 2.30. The maximum absolute atomic E-state index is 12.7. The molecular weight excluding hydrogens is 397 g/mol. The van der Waals surface area contributed by atoms with Crippen LogP contribution in [-0.4, -0.2) is 22.2 Å². The van der Waals surface area contributed by atoms with Crippen LogP contribution in [0.4, 0.5) is 13.2 Å². The highest BCUT2D eigenvalue weighted by Gasteiger charge is 2.30. The fourth-order valence-corrected chi connectivity index (χ4v) is 2.51. The quantitative estimate of drug-likeness (QED) is 0.500. The van der Waals surface area contributed by atoms with Crippen molar-refractivity contribution in [3.05, 3.63) is 83.0 Å². The van der Waals surface area contributed by atoms with Crippen molar-refractivity contribution >= 4 is 12.1 Å². The second-order valence-corrected chi connectivity index (χ2v) is 6.09. The van der Waals surface area contributed by atoms with Gasteiger partial charge in [0, 0.05) is 17.3 Å². The molecule has 0 aliphatic rings. The summed E-state index contributed by atoms with van der Waals surface area (Å²) in [5, 5.41) is 22.2. The van der Waals surface area contributed by atoms with Crippen molar-refractivity contribution in [2.45, 2.75) is 6.18 Å². The normalized spacial score (nSPS) is 11.3. The number of rotatable bonds is 4. The van der Waals surface area contributed by atoms with Crippen LogP contribution in [0.2, 0.25) is 0 Å². The fraction of sp³-hybridized carbons (Fsp3) is 0.0476. The first-order valence-corrected chi connectivity index (χ1v) is 8.48. The molecule has 3 rings (SSSR count). The topological polar surface area (TPSA) is 98.4 Å². The van der Waals surface area contributed by atoms with Gasteiger partial charge in [-0.3, -0.25) is 9.78 Å². The van der Waals surface area contributed by atoms with Gasteiger partial charge >= 0.3 is 6.18 Å². The van der Waals surface area contributed by atoms with Crippen molar-refractivity contribution in [1.29, 1.82) is 5.26 Å². The number of pyridine rings is 1. The lowest BCUT2D eigenvalue weighted by Crippen LogP contribution is -2.17. The smallest absolute Gasteiger partial charge is 0.416 e. The molecule has 9 heteroatoms. The minimum Gasteiger partial charge on any atom is -0.507 e. The zero-order valence-electron chi connectivity index (χ0n) is 15.2. The van der Waals surface area contributed by atoms with Gasteiger partial charge in [-0.15, -0.1) is 0 Å². The van der Waals surface area contributed by atoms with Gasteiger partial charge in [0.2, 0.25) is 0 Å². The molecule has 1 aromatic heterocycles. The Morgan fingerprint density at radius 3 is 2.53 bits per heavy atom. The number of aromatic hydroxyl groups is 1. The molecule has 2 aromatic carbocycles. The average Bonchev–Trinajstić information content (AvgIpc) is 2.73. The van der Waals surface area contributed by atoms with Crippen molar-refractivity contribution in [3.8, 4) is 23.1 Å². The third-order valence-corrected chi connectivity index (χ3v) is 4.05. The number of hydrogen-bond acceptors (Lipinski definition) is 5. The summed E-state index contributed by atoms with van der Waals surface area (Å²) in [6.45, 7) is 0. The van der Waals surface area contributed by atoms with Crippen LogP contribution in [-0.2, 0) is 6.18 Å². The van der Waals surface area contributed by atoms with Crippen molar-refractivity contribution in [1.82, 2.24) is 10.4 Å². The lowest BCUT2D eigenvalue weighted by molar-refractivity contribution is -0.137. The van der Waals surface area contributed by atoms with Crippen LogP contribution in [0, 0.1) is 11.3 Å². The lowest BCUT2D eigenvalue weighted by atomic mass is 10.1. The molecule has 0 atom stereocenters. The molecule has 6 nitrogen and oxygen atoms in total. The predicted molar refractivity (Wildman–Crippen MR) is 103 cm³/mol. The van der Waals surface area contributed by atoms with Gasteiger partial charge in [0.15, 0.2) is 0 Å². The Kier molecular flexibility index (Phi) is 5.78. The first kappa shape index (κ1) is 20.5. The monoisotopic (exact) mass is 410 g/mol. The molecule has 1 amide bonds. The van der Waals surface area contributed by atoms with Gasteiger partial charge in [0.05, 0.1) is 23.0 Å². The van der Waals surface area contributed by atoms with E-state index in [0.717, 1.165) is 12.1 Å². The number of carbonyl (C=O) groups is 1. The Morgan fingerprint density at radius 1 is 1.13 bits per heavy atom. The van der Waals surface area contributed by atoms with Crippen LogP contribution in [0.15, 0.2) is 65.9 Å². The highest BCUT2D eigenvalue weighted by atomic mass is 19.4. The number of nitriles is 1. The van der Waals surface area contributed by atoms with Crippen LogP contribution >= 0.6 is 0 Å². The summed E-state index contributed by atoms with van der Waals surface area (Å²) < 4.78 is 38.0. The van der Waals surface area contributed by atoms with Crippen LogP contribution in [0.5, 0.6) is 5.75 Å². The van der Waals surface area contributed by atoms with Gasteiger partial charge in [0.25, 0.3) is 5.91 Å². The second-order valence-electron chi connectivity index (χ2n) is 6.09. The van der Waals surface area contributed by atoms with E-state index in [1.54, 1.807) is 18.2 Å². The number of halogens is 3. The molecular formula is C21H13F3N4O2. The van der Waals surface area contributed by atoms with Gasteiger partial charge in [-0.25, -0.2) is 5.43 Å². The number of nitrogens with zero attached hydrogens (tertiary/aromatic N) is 3. The summed E-state index contributed by atoms with van der Waals surface area (Å²) in [4.78, 5) is 16.2. The molecule has 3 aromatic rings. The van der Waals surface area contributed by atoms with Crippen molar-refractivity contribution in [2.24, 2.45) is 5.10 Å². The van der Waals surface area contributed by atoms with Gasteiger partial charge in [-0.05, 0) is 48.0 Å². The molecule has 0 saturated heterocycles. The standard InChI is InChI=1S/C21H13F3N4O2/c22-21(23,24)17-4-1-14(2-5-17)18-9-13(7-8-26-18)12-27-28-20(30)15-3-6-19(29)16(10-15)11-25/h1-10,12,29H,(H,28,30)/b27-12+. The zero-order chi connectivity index (χ0) is 21.7. The van der Waals surface area contributed by atoms with E-state index in [9.17, 15) is 23.1 Å². The largest absolute Gasteiger partial charge is 0.507 e. The number of phenolic OH excluding ortho intramolecular Hbond substituents is 1. The van der Waals surface area contributed by atoms with Crippen LogP contribution in [0.3, 0.4) is 0 Å². The van der Waals surface area contributed by atoms with Crippen molar-refractivity contribution < 1.29 is 23.1 Å². The average molecular weight is 410 g/mol. The van der Waals surface area contributed by atoms with Crippen molar-refractivity contribution in [2.75, 3.05) is 0 Å². The summed E-state index contributed by atoms with van der Waals surface area (Å²) in [5.41, 5.74) is 3.14. The summed E-state index contributed by atoms with van der Waals surface area (Å²) in [5.74, 6) is -0.815. The third-order valence-electron chi connectivity index (χ3n) is 4.05. The molecule has 0 spiro atoms. The van der Waals surface area contributed by atoms with E-state index >= 15 is 0 Å². The molecule has 0 unspecified atom stereocenters. The Labute approximate surface area is 168 Å². The van der Waals surface area contributed by atoms with Crippen molar-refractivity contribution in [3.63, 3.8) is 0 Å². The molecule has 0 saturated carbocycles. The summed E-state index contributed by atoms with van der Waals surface area (Å²) >= 11 is 0. The molecule has 0 aliphatic carbocycles. The second kappa shape index (κ2) is 8.45. The van der Waals surface area contributed by atoms with E-state index in [2.05, 4.69) is 15.5 Å². The summed E-state index contributed by atoms with van der Waals surface area (Å²) in [6, 6.07) is 13.4. The number of amides is 1. The van der Waals surface area contributed by atoms with E-state index in [0.29, 0.717) is 16.8 Å². The molecule has 0 bridgehead atoms. The number of hydrogen-bond donors (Lipinski definition) is 2. The van der Waals surface area contributed by atoms with E-state index < -0.39 is 17.6 Å². The molecule has 30 heavy (non-hydrogen) atoms. The molecule has 150 valence electrons. The Hall–Kier alpha value is -4.19. The van der Waals surface area contributed by atoms with E-state index in [4.69, 9.17) is 5.26 Å². The first-order valence-electron chi connectivity index (χ1n) is 8.48. The number of alkyl halides is 3. The minimum absolute atomic E-state index is 0.0399. The highest BCUT2D eigenvalue weighted by molar-refractivity contribution is 5.95. The summed E-state index contributed by atoms with van der Waals surface area (Å²) in [7, 11) is 0. The zero-order valence-corrected chi connectivity index (χ0v) is 15.2. The van der Waals surface area contributed by atoms with Crippen LogP contribution in [0.1, 0.15) is 27.0 Å².